The summed E-state index contributed by atoms with van der Waals surface area (Å²) in [7, 11) is 0. The molecule has 5 nitrogen and oxygen atoms in total. The molecule has 0 aromatic carbocycles. The van der Waals surface area contributed by atoms with Gasteiger partial charge in [-0.05, 0) is 57.5 Å². The Hall–Kier alpha value is -1.10. The average Bonchev–Trinajstić information content (AvgIpc) is 3.20. The Bertz CT molecular complexity index is 454. The van der Waals surface area contributed by atoms with Crippen molar-refractivity contribution in [2.45, 2.75) is 58.3 Å². The van der Waals surface area contributed by atoms with E-state index in [1.807, 2.05) is 4.90 Å². The smallest absolute Gasteiger partial charge is 0.226 e. The lowest BCUT2D eigenvalue weighted by atomic mass is 9.77. The fraction of sp³-hybridized carbons (Fsp3) is 0.900. The maximum atomic E-state index is 13.1. The van der Waals surface area contributed by atoms with Crippen molar-refractivity contribution in [1.82, 2.24) is 15.1 Å². The molecular formula is C20H35N3O2. The van der Waals surface area contributed by atoms with Crippen LogP contribution < -0.4 is 5.32 Å². The van der Waals surface area contributed by atoms with Gasteiger partial charge in [0.2, 0.25) is 11.8 Å². The summed E-state index contributed by atoms with van der Waals surface area (Å²) in [6.45, 7) is 7.75. The molecule has 0 spiro atoms. The van der Waals surface area contributed by atoms with Crippen molar-refractivity contribution in [2.75, 3.05) is 39.3 Å². The van der Waals surface area contributed by atoms with E-state index in [9.17, 15) is 9.59 Å². The standard InChI is InChI=1S/C20H35N3O2/c1-2-21-15-16-9-13-23(14-10-16)20(25)18-8-4-3-7-17(18)19(24)22-11-5-6-12-22/h16-18,21H,2-15H2,1H3. The van der Waals surface area contributed by atoms with Crippen molar-refractivity contribution in [2.24, 2.45) is 17.8 Å². The fourth-order valence-corrected chi connectivity index (χ4v) is 4.83. The van der Waals surface area contributed by atoms with E-state index in [1.165, 1.54) is 0 Å². The first kappa shape index (κ1) is 18.7. The van der Waals surface area contributed by atoms with Crippen molar-refractivity contribution in [3.05, 3.63) is 0 Å². The maximum absolute atomic E-state index is 13.1. The number of piperidine rings is 1. The highest BCUT2D eigenvalue weighted by Gasteiger charge is 2.40. The third kappa shape index (κ3) is 4.55. The van der Waals surface area contributed by atoms with Crippen LogP contribution in [0.25, 0.3) is 0 Å². The number of carbonyl (C=O) groups excluding carboxylic acids is 2. The summed E-state index contributed by atoms with van der Waals surface area (Å²) in [6.07, 6.45) is 8.43. The normalized spacial score (nSPS) is 28.4. The third-order valence-corrected chi connectivity index (χ3v) is 6.43. The molecular weight excluding hydrogens is 314 g/mol. The van der Waals surface area contributed by atoms with E-state index in [0.29, 0.717) is 5.92 Å². The van der Waals surface area contributed by atoms with Crippen LogP contribution in [0.5, 0.6) is 0 Å². The molecule has 142 valence electrons. The first-order valence-corrected chi connectivity index (χ1v) is 10.5. The first-order valence-electron chi connectivity index (χ1n) is 10.5. The second-order valence-electron chi connectivity index (χ2n) is 8.11. The lowest BCUT2D eigenvalue weighted by molar-refractivity contribution is -0.148. The third-order valence-electron chi connectivity index (χ3n) is 6.43. The maximum Gasteiger partial charge on any atom is 0.226 e. The van der Waals surface area contributed by atoms with Crippen molar-refractivity contribution >= 4 is 11.8 Å². The Morgan fingerprint density at radius 1 is 0.800 bits per heavy atom. The number of nitrogens with zero attached hydrogens (tertiary/aromatic N) is 2. The molecule has 0 aromatic rings. The molecule has 25 heavy (non-hydrogen) atoms. The molecule has 2 aliphatic heterocycles. The lowest BCUT2D eigenvalue weighted by Crippen LogP contribution is -2.48. The molecule has 0 aromatic heterocycles. The molecule has 1 aliphatic carbocycles. The Kier molecular flexibility index (Phi) is 6.74. The van der Waals surface area contributed by atoms with E-state index in [-0.39, 0.29) is 23.7 Å². The number of carbonyl (C=O) groups is 2. The van der Waals surface area contributed by atoms with Gasteiger partial charge in [-0.2, -0.15) is 0 Å². The van der Waals surface area contributed by atoms with Gasteiger partial charge in [0.15, 0.2) is 0 Å². The van der Waals surface area contributed by atoms with Crippen LogP contribution in [-0.2, 0) is 9.59 Å². The monoisotopic (exact) mass is 349 g/mol. The number of amides is 2. The van der Waals surface area contributed by atoms with Crippen LogP contribution in [0.4, 0.5) is 0 Å². The molecule has 2 atom stereocenters. The van der Waals surface area contributed by atoms with Crippen LogP contribution in [0.1, 0.15) is 58.3 Å². The first-order chi connectivity index (χ1) is 12.2. The fourth-order valence-electron chi connectivity index (χ4n) is 4.83. The zero-order valence-electron chi connectivity index (χ0n) is 15.8. The van der Waals surface area contributed by atoms with Crippen molar-refractivity contribution in [3.63, 3.8) is 0 Å². The van der Waals surface area contributed by atoms with Crippen LogP contribution >= 0.6 is 0 Å². The highest BCUT2D eigenvalue weighted by molar-refractivity contribution is 5.88. The summed E-state index contributed by atoms with van der Waals surface area (Å²) < 4.78 is 0. The van der Waals surface area contributed by atoms with Gasteiger partial charge >= 0.3 is 0 Å². The summed E-state index contributed by atoms with van der Waals surface area (Å²) in [5.74, 6) is 1.10. The van der Waals surface area contributed by atoms with Crippen LogP contribution in [0.3, 0.4) is 0 Å². The largest absolute Gasteiger partial charge is 0.342 e. The highest BCUT2D eigenvalue weighted by Crippen LogP contribution is 2.34. The molecule has 3 fully saturated rings. The summed E-state index contributed by atoms with van der Waals surface area (Å²) in [6, 6.07) is 0. The predicted octanol–water partition coefficient (Wildman–Crippen LogP) is 2.26. The van der Waals surface area contributed by atoms with E-state index >= 15 is 0 Å². The lowest BCUT2D eigenvalue weighted by Gasteiger charge is -2.38. The molecule has 1 N–H and O–H groups in total. The quantitative estimate of drug-likeness (QED) is 0.828. The molecule has 2 heterocycles. The number of rotatable bonds is 5. The van der Waals surface area contributed by atoms with E-state index < -0.39 is 0 Å². The van der Waals surface area contributed by atoms with E-state index in [2.05, 4.69) is 17.1 Å². The van der Waals surface area contributed by atoms with Crippen LogP contribution in [0.2, 0.25) is 0 Å². The molecule has 5 heteroatoms. The Labute approximate surface area is 152 Å². The topological polar surface area (TPSA) is 52.7 Å². The summed E-state index contributed by atoms with van der Waals surface area (Å²) in [5, 5.41) is 3.43. The SMILES string of the molecule is CCNCC1CCN(C(=O)C2CCCCC2C(=O)N2CCCC2)CC1. The van der Waals surface area contributed by atoms with Crippen molar-refractivity contribution in [3.8, 4) is 0 Å². The second kappa shape index (κ2) is 9.02. The minimum atomic E-state index is -0.0628. The van der Waals surface area contributed by atoms with Gasteiger partial charge in [0, 0.05) is 38.0 Å². The minimum absolute atomic E-state index is 0.0566. The van der Waals surface area contributed by atoms with Gasteiger partial charge in [-0.15, -0.1) is 0 Å². The number of likely N-dealkylation sites (tertiary alicyclic amines) is 2. The predicted molar refractivity (Wildman–Crippen MR) is 99.1 cm³/mol. The van der Waals surface area contributed by atoms with Gasteiger partial charge in [0.1, 0.15) is 0 Å². The van der Waals surface area contributed by atoms with Gasteiger partial charge in [-0.25, -0.2) is 0 Å². The van der Waals surface area contributed by atoms with Gasteiger partial charge in [-0.1, -0.05) is 19.8 Å². The molecule has 3 rings (SSSR count). The number of hydrogen-bond donors (Lipinski definition) is 1. The molecule has 2 unspecified atom stereocenters. The second-order valence-corrected chi connectivity index (χ2v) is 8.11. The van der Waals surface area contributed by atoms with E-state index in [4.69, 9.17) is 0 Å². The van der Waals surface area contributed by atoms with Crippen molar-refractivity contribution < 1.29 is 9.59 Å². The summed E-state index contributed by atoms with van der Waals surface area (Å²) in [5.41, 5.74) is 0. The molecule has 3 aliphatic rings. The molecule has 2 saturated heterocycles. The van der Waals surface area contributed by atoms with Gasteiger partial charge < -0.3 is 15.1 Å². The van der Waals surface area contributed by atoms with Crippen LogP contribution in [0.15, 0.2) is 0 Å². The number of nitrogens with one attached hydrogen (secondary N) is 1. The molecule has 2 amide bonds. The molecule has 1 saturated carbocycles. The van der Waals surface area contributed by atoms with Crippen molar-refractivity contribution in [1.29, 1.82) is 0 Å². The number of hydrogen-bond acceptors (Lipinski definition) is 3. The van der Waals surface area contributed by atoms with Gasteiger partial charge in [0.05, 0.1) is 0 Å². The molecule has 0 radical (unpaired) electrons. The summed E-state index contributed by atoms with van der Waals surface area (Å²) in [4.78, 5) is 30.1. The molecule has 0 bridgehead atoms. The van der Waals surface area contributed by atoms with Gasteiger partial charge in [-0.3, -0.25) is 9.59 Å². The Balaban J connectivity index is 1.56. The highest BCUT2D eigenvalue weighted by atomic mass is 16.2. The average molecular weight is 350 g/mol. The Morgan fingerprint density at radius 2 is 1.32 bits per heavy atom. The van der Waals surface area contributed by atoms with E-state index in [0.717, 1.165) is 90.6 Å². The zero-order chi connectivity index (χ0) is 17.6. The van der Waals surface area contributed by atoms with Crippen LogP contribution in [0, 0.1) is 17.8 Å². The summed E-state index contributed by atoms with van der Waals surface area (Å²) >= 11 is 0. The zero-order valence-corrected chi connectivity index (χ0v) is 15.8. The minimum Gasteiger partial charge on any atom is -0.342 e. The Morgan fingerprint density at radius 3 is 1.84 bits per heavy atom. The van der Waals surface area contributed by atoms with E-state index in [1.54, 1.807) is 0 Å². The van der Waals surface area contributed by atoms with Crippen LogP contribution in [-0.4, -0.2) is 60.9 Å². The van der Waals surface area contributed by atoms with Gasteiger partial charge in [0.25, 0.3) is 0 Å².